The van der Waals surface area contributed by atoms with E-state index in [1.54, 1.807) is 6.07 Å². The van der Waals surface area contributed by atoms with E-state index in [1.807, 2.05) is 45.2 Å². The average Bonchev–Trinajstić information content (AvgIpc) is 2.00. The summed E-state index contributed by atoms with van der Waals surface area (Å²) in [4.78, 5) is 10.5. The van der Waals surface area contributed by atoms with E-state index >= 15 is 0 Å². The van der Waals surface area contributed by atoms with Crippen molar-refractivity contribution in [1.29, 1.82) is 0 Å². The van der Waals surface area contributed by atoms with Crippen LogP contribution in [0.2, 0.25) is 0 Å². The molecule has 1 aromatic carbocycles. The summed E-state index contributed by atoms with van der Waals surface area (Å²) in [5.41, 5.74) is -0.167. The lowest BCUT2D eigenvalue weighted by Gasteiger charge is -2.13. The first-order chi connectivity index (χ1) is 5.54. The van der Waals surface area contributed by atoms with Gasteiger partial charge in [-0.1, -0.05) is 5.75 Å². The van der Waals surface area contributed by atoms with Crippen LogP contribution in [0.5, 0.6) is 5.75 Å². The molecule has 12 heavy (non-hydrogen) atoms. The van der Waals surface area contributed by atoms with E-state index in [4.69, 9.17) is 5.11 Å². The molecule has 1 N–H and O–H groups in total. The number of halogens is 2. The van der Waals surface area contributed by atoms with Gasteiger partial charge in [0.15, 0.2) is 0 Å². The fourth-order valence-electron chi connectivity index (χ4n) is 0.700. The number of rotatable bonds is 1. The molecule has 0 aromatic heterocycles. The standard InChI is InChI=1S/C7H4I2O3/c8-4-2-1-3(7(11)12)6(10)5(4)9/h1-2,10H,(H,11,12)/p-1. The second-order valence-electron chi connectivity index (χ2n) is 2.04. The maximum atomic E-state index is 11.2. The van der Waals surface area contributed by atoms with Crippen molar-refractivity contribution in [3.05, 3.63) is 24.8 Å². The predicted molar refractivity (Wildman–Crippen MR) is 58.3 cm³/mol. The van der Waals surface area contributed by atoms with Gasteiger partial charge >= 0.3 is 5.97 Å². The van der Waals surface area contributed by atoms with E-state index < -0.39 is 11.7 Å². The zero-order valence-electron chi connectivity index (χ0n) is 5.67. The molecule has 0 aliphatic rings. The van der Waals surface area contributed by atoms with E-state index in [9.17, 15) is 9.90 Å². The summed E-state index contributed by atoms with van der Waals surface area (Å²) in [5.74, 6) is -1.58. The third-order valence-electron chi connectivity index (χ3n) is 1.28. The zero-order chi connectivity index (χ0) is 9.30. The number of carbonyl (C=O) groups is 1. The topological polar surface area (TPSA) is 60.4 Å². The normalized spacial score (nSPS) is 9.83. The number of aromatic carboxylic acids is 1. The second kappa shape index (κ2) is 3.77. The van der Waals surface area contributed by atoms with Crippen LogP contribution in [-0.2, 0) is 0 Å². The van der Waals surface area contributed by atoms with E-state index in [0.29, 0.717) is 3.57 Å². The molecule has 1 aromatic rings. The van der Waals surface area contributed by atoms with Crippen LogP contribution >= 0.6 is 45.2 Å². The fourth-order valence-corrected chi connectivity index (χ4v) is 1.60. The summed E-state index contributed by atoms with van der Waals surface area (Å²) in [6, 6.07) is 2.95. The number of benzene rings is 1. The van der Waals surface area contributed by atoms with Gasteiger partial charge in [-0.2, -0.15) is 0 Å². The Morgan fingerprint density at radius 3 is 2.50 bits per heavy atom. The number of carboxylic acid groups (broad SMARTS) is 1. The van der Waals surface area contributed by atoms with Crippen molar-refractivity contribution in [1.82, 2.24) is 0 Å². The molecule has 0 heterocycles. The molecule has 3 nitrogen and oxygen atoms in total. The lowest BCUT2D eigenvalue weighted by Crippen LogP contribution is -2.06. The third kappa shape index (κ3) is 1.82. The average molecular weight is 389 g/mol. The summed E-state index contributed by atoms with van der Waals surface area (Å²) in [6.45, 7) is 0. The Balaban J connectivity index is 3.36. The Labute approximate surface area is 96.1 Å². The largest absolute Gasteiger partial charge is 0.871 e. The van der Waals surface area contributed by atoms with Crippen molar-refractivity contribution < 1.29 is 15.0 Å². The van der Waals surface area contributed by atoms with E-state index in [1.165, 1.54) is 6.07 Å². The minimum Gasteiger partial charge on any atom is -0.871 e. The molecule has 0 saturated heterocycles. The maximum Gasteiger partial charge on any atom is 0.335 e. The summed E-state index contributed by atoms with van der Waals surface area (Å²) in [6.07, 6.45) is 0. The minimum absolute atomic E-state index is 0.167. The minimum atomic E-state index is -1.17. The van der Waals surface area contributed by atoms with Gasteiger partial charge in [0.05, 0.1) is 5.56 Å². The van der Waals surface area contributed by atoms with Crippen molar-refractivity contribution in [3.63, 3.8) is 0 Å². The molecule has 0 aliphatic carbocycles. The molecule has 0 unspecified atom stereocenters. The van der Waals surface area contributed by atoms with E-state index in [2.05, 4.69) is 0 Å². The zero-order valence-corrected chi connectivity index (χ0v) is 9.99. The SMILES string of the molecule is O=C(O)c1ccc(I)c(I)c1[O-]. The van der Waals surface area contributed by atoms with Gasteiger partial charge < -0.3 is 10.2 Å². The monoisotopic (exact) mass is 389 g/mol. The number of carboxylic acids is 1. The first kappa shape index (κ1) is 10.0. The van der Waals surface area contributed by atoms with Crippen molar-refractivity contribution in [3.8, 4) is 5.75 Å². The Bertz CT molecular complexity index is 336. The fraction of sp³-hybridized carbons (Fsp3) is 0. The van der Waals surface area contributed by atoms with Crippen molar-refractivity contribution in [2.75, 3.05) is 0 Å². The highest BCUT2D eigenvalue weighted by molar-refractivity contribution is 14.1. The summed E-state index contributed by atoms with van der Waals surface area (Å²) in [7, 11) is 0. The lowest BCUT2D eigenvalue weighted by atomic mass is 10.2. The van der Waals surface area contributed by atoms with Crippen LogP contribution in [0.15, 0.2) is 12.1 Å². The molecule has 0 saturated carbocycles. The van der Waals surface area contributed by atoms with E-state index in [0.717, 1.165) is 3.57 Å². The van der Waals surface area contributed by atoms with Gasteiger partial charge in [-0.3, -0.25) is 0 Å². The summed E-state index contributed by atoms with van der Waals surface area (Å²) >= 11 is 3.83. The number of hydrogen-bond acceptors (Lipinski definition) is 2. The van der Waals surface area contributed by atoms with Crippen LogP contribution in [0.1, 0.15) is 10.4 Å². The molecule has 0 atom stereocenters. The van der Waals surface area contributed by atoms with Crippen LogP contribution in [0.4, 0.5) is 0 Å². The van der Waals surface area contributed by atoms with Crippen molar-refractivity contribution >= 4 is 51.2 Å². The molecule has 0 radical (unpaired) electrons. The van der Waals surface area contributed by atoms with Crippen LogP contribution in [0.3, 0.4) is 0 Å². The van der Waals surface area contributed by atoms with Gasteiger partial charge in [-0.15, -0.1) is 0 Å². The molecule has 0 bridgehead atoms. The molecule has 0 aliphatic heterocycles. The highest BCUT2D eigenvalue weighted by Crippen LogP contribution is 2.26. The van der Waals surface area contributed by atoms with Crippen LogP contribution in [-0.4, -0.2) is 11.1 Å². The Morgan fingerprint density at radius 2 is 2.00 bits per heavy atom. The smallest absolute Gasteiger partial charge is 0.335 e. The van der Waals surface area contributed by atoms with E-state index in [-0.39, 0.29) is 5.56 Å². The van der Waals surface area contributed by atoms with Crippen molar-refractivity contribution in [2.24, 2.45) is 0 Å². The molecular formula is C7H3I2O3-. The Kier molecular flexibility index (Phi) is 3.16. The highest BCUT2D eigenvalue weighted by atomic mass is 127. The molecule has 0 amide bonds. The molecule has 1 rings (SSSR count). The van der Waals surface area contributed by atoms with Crippen LogP contribution in [0, 0.1) is 7.14 Å². The molecular weight excluding hydrogens is 386 g/mol. The van der Waals surface area contributed by atoms with Gasteiger partial charge in [-0.05, 0) is 57.3 Å². The predicted octanol–water partition coefficient (Wildman–Crippen LogP) is 1.67. The first-order valence-electron chi connectivity index (χ1n) is 2.92. The summed E-state index contributed by atoms with van der Waals surface area (Å²) in [5, 5.41) is 19.8. The van der Waals surface area contributed by atoms with Gasteiger partial charge in [-0.25, -0.2) is 4.79 Å². The lowest BCUT2D eigenvalue weighted by molar-refractivity contribution is -0.270. The van der Waals surface area contributed by atoms with Gasteiger partial charge in [0.1, 0.15) is 0 Å². The van der Waals surface area contributed by atoms with Crippen molar-refractivity contribution in [2.45, 2.75) is 0 Å². The van der Waals surface area contributed by atoms with Crippen LogP contribution in [0.25, 0.3) is 0 Å². The molecule has 0 fully saturated rings. The highest BCUT2D eigenvalue weighted by Gasteiger charge is 2.07. The first-order valence-corrected chi connectivity index (χ1v) is 5.08. The number of hydrogen-bond donors (Lipinski definition) is 1. The van der Waals surface area contributed by atoms with Gasteiger partial charge in [0.2, 0.25) is 0 Å². The Morgan fingerprint density at radius 1 is 1.42 bits per heavy atom. The second-order valence-corrected chi connectivity index (χ2v) is 4.28. The van der Waals surface area contributed by atoms with Crippen LogP contribution < -0.4 is 5.11 Å². The Hall–Kier alpha value is -0.0500. The summed E-state index contributed by atoms with van der Waals surface area (Å²) < 4.78 is 1.25. The van der Waals surface area contributed by atoms with Gasteiger partial charge in [0.25, 0.3) is 0 Å². The maximum absolute atomic E-state index is 11.2. The molecule has 5 heteroatoms. The quantitative estimate of drug-likeness (QED) is 0.744. The molecule has 0 spiro atoms. The molecule has 64 valence electrons. The third-order valence-corrected chi connectivity index (χ3v) is 4.28. The van der Waals surface area contributed by atoms with Gasteiger partial charge in [0, 0.05) is 7.14 Å².